The minimum Gasteiger partial charge on any atom is -0.306 e. The zero-order valence-electron chi connectivity index (χ0n) is 22.8. The van der Waals surface area contributed by atoms with Gasteiger partial charge in [0.1, 0.15) is 11.9 Å². The molecule has 0 aliphatic heterocycles. The van der Waals surface area contributed by atoms with Crippen LogP contribution in [-0.4, -0.2) is 23.7 Å². The van der Waals surface area contributed by atoms with Crippen LogP contribution in [-0.2, 0) is 6.42 Å². The molecule has 2 aromatic rings. The van der Waals surface area contributed by atoms with Crippen molar-refractivity contribution in [1.82, 2.24) is 10.3 Å². The number of hydrogen-bond acceptors (Lipinski definition) is 2. The Balaban J connectivity index is 1.72. The van der Waals surface area contributed by atoms with E-state index in [1.807, 2.05) is 18.2 Å². The number of pyridine rings is 1. The van der Waals surface area contributed by atoms with Gasteiger partial charge in [0.05, 0.1) is 5.69 Å². The average molecular weight is 527 g/mol. The van der Waals surface area contributed by atoms with Crippen LogP contribution in [0.15, 0.2) is 30.5 Å². The lowest BCUT2D eigenvalue weighted by molar-refractivity contribution is -0.151. The molecular weight excluding hydrogens is 488 g/mol. The van der Waals surface area contributed by atoms with Gasteiger partial charge in [-0.3, -0.25) is 4.98 Å². The summed E-state index contributed by atoms with van der Waals surface area (Å²) >= 11 is 0. The summed E-state index contributed by atoms with van der Waals surface area (Å²) in [7, 11) is 0. The normalized spacial score (nSPS) is 20.7. The Kier molecular flexibility index (Phi) is 8.98. The lowest BCUT2D eigenvalue weighted by Gasteiger charge is -2.37. The van der Waals surface area contributed by atoms with Crippen molar-refractivity contribution >= 4 is 11.1 Å². The molecule has 0 radical (unpaired) electrons. The van der Waals surface area contributed by atoms with E-state index in [1.165, 1.54) is 19.3 Å². The summed E-state index contributed by atoms with van der Waals surface area (Å²) in [5.41, 5.74) is 6.40. The minimum atomic E-state index is -4.25. The minimum absolute atomic E-state index is 0.178. The summed E-state index contributed by atoms with van der Waals surface area (Å²) in [4.78, 5) is 4.79. The molecule has 1 aromatic heterocycles. The first-order chi connectivity index (χ1) is 18.1. The van der Waals surface area contributed by atoms with Gasteiger partial charge in [0.2, 0.25) is 0 Å². The number of nitrogens with one attached hydrogen (secondary N) is 1. The third kappa shape index (κ3) is 6.31. The third-order valence-electron chi connectivity index (χ3n) is 8.31. The van der Waals surface area contributed by atoms with Gasteiger partial charge in [0, 0.05) is 18.2 Å². The van der Waals surface area contributed by atoms with E-state index in [9.17, 15) is 17.6 Å². The summed E-state index contributed by atoms with van der Waals surface area (Å²) in [6, 6.07) is 6.05. The highest BCUT2D eigenvalue weighted by atomic mass is 19.4. The SMILES string of the molecule is CCCC#CC1=C(c2ccc(CCNC(C)C(F)(F)F)cn2)CC(C2CCC2)C(C)c2cc(F)c(C)cc21. The number of aromatic nitrogens is 1. The quantitative estimate of drug-likeness (QED) is 0.290. The van der Waals surface area contributed by atoms with Gasteiger partial charge in [0.25, 0.3) is 0 Å². The predicted octanol–water partition coefficient (Wildman–Crippen LogP) is 8.25. The number of fused-ring (bicyclic) bond motifs is 1. The van der Waals surface area contributed by atoms with Crippen LogP contribution in [0.4, 0.5) is 17.6 Å². The Hall–Kier alpha value is -2.65. The monoisotopic (exact) mass is 526 g/mol. The third-order valence-corrected chi connectivity index (χ3v) is 8.31. The fourth-order valence-corrected chi connectivity index (χ4v) is 5.59. The van der Waals surface area contributed by atoms with Crippen molar-refractivity contribution in [3.05, 3.63) is 64.2 Å². The molecule has 3 atom stereocenters. The van der Waals surface area contributed by atoms with Gasteiger partial charge in [-0.1, -0.05) is 51.0 Å². The number of halogens is 4. The molecule has 2 aliphatic carbocycles. The predicted molar refractivity (Wildman–Crippen MR) is 146 cm³/mol. The van der Waals surface area contributed by atoms with Gasteiger partial charge in [-0.2, -0.15) is 13.2 Å². The number of benzene rings is 1. The standard InChI is InChI=1S/C32H38F4N2/c1-5-6-7-11-25-28-16-20(2)30(33)18-27(28)21(3)26(24-9-8-10-24)17-29(25)31-13-12-23(19-38-31)14-15-37-22(4)32(34,35)36/h12-13,16,18-19,21-22,24,26,37H,5-6,8-10,14-15,17H2,1-4H3. The molecular formula is C32H38F4N2. The summed E-state index contributed by atoms with van der Waals surface area (Å²) in [5.74, 6) is 7.78. The average Bonchev–Trinajstić information content (AvgIpc) is 2.94. The second kappa shape index (κ2) is 12.0. The van der Waals surface area contributed by atoms with Gasteiger partial charge >= 0.3 is 6.18 Å². The topological polar surface area (TPSA) is 24.9 Å². The van der Waals surface area contributed by atoms with Crippen LogP contribution in [0.2, 0.25) is 0 Å². The highest BCUT2D eigenvalue weighted by molar-refractivity contribution is 5.99. The molecule has 3 unspecified atom stereocenters. The van der Waals surface area contributed by atoms with E-state index in [4.69, 9.17) is 4.98 Å². The van der Waals surface area contributed by atoms with E-state index >= 15 is 0 Å². The molecule has 1 fully saturated rings. The van der Waals surface area contributed by atoms with Crippen LogP contribution in [0.3, 0.4) is 0 Å². The van der Waals surface area contributed by atoms with E-state index in [1.54, 1.807) is 19.2 Å². The molecule has 0 bridgehead atoms. The van der Waals surface area contributed by atoms with Crippen LogP contribution in [0.1, 0.15) is 93.2 Å². The number of allylic oxidation sites excluding steroid dienone is 2. The number of rotatable bonds is 7. The van der Waals surface area contributed by atoms with Crippen LogP contribution >= 0.6 is 0 Å². The lowest BCUT2D eigenvalue weighted by Crippen LogP contribution is -2.40. The van der Waals surface area contributed by atoms with Gasteiger partial charge in [0.15, 0.2) is 0 Å². The van der Waals surface area contributed by atoms with Crippen LogP contribution in [0.5, 0.6) is 0 Å². The fraction of sp³-hybridized carbons (Fsp3) is 0.531. The molecule has 1 heterocycles. The van der Waals surface area contributed by atoms with Crippen molar-refractivity contribution < 1.29 is 17.6 Å². The Morgan fingerprint density at radius 3 is 2.55 bits per heavy atom. The molecule has 0 saturated heterocycles. The summed E-state index contributed by atoms with van der Waals surface area (Å²) < 4.78 is 53.2. The Labute approximate surface area is 224 Å². The molecule has 0 amide bonds. The van der Waals surface area contributed by atoms with Crippen LogP contribution in [0.25, 0.3) is 11.1 Å². The molecule has 1 saturated carbocycles. The molecule has 204 valence electrons. The van der Waals surface area contributed by atoms with Crippen molar-refractivity contribution in [3.63, 3.8) is 0 Å². The van der Waals surface area contributed by atoms with E-state index in [-0.39, 0.29) is 18.3 Å². The number of alkyl halides is 3. The Morgan fingerprint density at radius 1 is 1.18 bits per heavy atom. The van der Waals surface area contributed by atoms with Gasteiger partial charge < -0.3 is 5.32 Å². The van der Waals surface area contributed by atoms with Crippen molar-refractivity contribution in [2.75, 3.05) is 6.54 Å². The summed E-state index contributed by atoms with van der Waals surface area (Å²) in [6.45, 7) is 7.47. The molecule has 1 N–H and O–H groups in total. The first-order valence-corrected chi connectivity index (χ1v) is 13.9. The second-order valence-corrected chi connectivity index (χ2v) is 11.0. The van der Waals surface area contributed by atoms with Crippen molar-refractivity contribution in [2.24, 2.45) is 11.8 Å². The molecule has 6 heteroatoms. The van der Waals surface area contributed by atoms with Gasteiger partial charge in [-0.15, -0.1) is 0 Å². The number of nitrogens with zero attached hydrogens (tertiary/aromatic N) is 1. The van der Waals surface area contributed by atoms with Crippen molar-refractivity contribution in [3.8, 4) is 11.8 Å². The molecule has 2 nitrogen and oxygen atoms in total. The molecule has 1 aromatic carbocycles. The Morgan fingerprint density at radius 2 is 1.95 bits per heavy atom. The smallest absolute Gasteiger partial charge is 0.306 e. The Bertz CT molecular complexity index is 1210. The summed E-state index contributed by atoms with van der Waals surface area (Å²) in [6.07, 6.45) is 4.16. The molecule has 0 spiro atoms. The van der Waals surface area contributed by atoms with Crippen LogP contribution < -0.4 is 5.32 Å². The van der Waals surface area contributed by atoms with Crippen molar-refractivity contribution in [1.29, 1.82) is 0 Å². The number of unbranched alkanes of at least 4 members (excludes halogenated alkanes) is 1. The second-order valence-electron chi connectivity index (χ2n) is 11.0. The molecule has 38 heavy (non-hydrogen) atoms. The van der Waals surface area contributed by atoms with E-state index in [0.717, 1.165) is 59.7 Å². The fourth-order valence-electron chi connectivity index (χ4n) is 5.59. The molecule has 2 aliphatic rings. The maximum atomic E-state index is 14.8. The van der Waals surface area contributed by atoms with Crippen molar-refractivity contribution in [2.45, 2.75) is 90.8 Å². The highest BCUT2D eigenvalue weighted by Gasteiger charge is 2.37. The van der Waals surface area contributed by atoms with Gasteiger partial charge in [-0.05, 0) is 103 Å². The maximum Gasteiger partial charge on any atom is 0.403 e. The summed E-state index contributed by atoms with van der Waals surface area (Å²) in [5, 5.41) is 2.54. The first kappa shape index (κ1) is 28.4. The van der Waals surface area contributed by atoms with E-state index in [0.29, 0.717) is 23.8 Å². The van der Waals surface area contributed by atoms with Crippen LogP contribution in [0, 0.1) is 36.4 Å². The van der Waals surface area contributed by atoms with E-state index in [2.05, 4.69) is 31.0 Å². The zero-order chi connectivity index (χ0) is 27.4. The maximum absolute atomic E-state index is 14.8. The lowest BCUT2D eigenvalue weighted by atomic mass is 9.67. The number of hydrogen-bond donors (Lipinski definition) is 1. The van der Waals surface area contributed by atoms with E-state index < -0.39 is 12.2 Å². The first-order valence-electron chi connectivity index (χ1n) is 13.9. The van der Waals surface area contributed by atoms with Gasteiger partial charge in [-0.25, -0.2) is 4.39 Å². The largest absolute Gasteiger partial charge is 0.403 e. The highest BCUT2D eigenvalue weighted by Crippen LogP contribution is 2.50. The number of aryl methyl sites for hydroxylation is 1. The molecule has 4 rings (SSSR count). The zero-order valence-corrected chi connectivity index (χ0v) is 22.8.